The van der Waals surface area contributed by atoms with Gasteiger partial charge in [0.25, 0.3) is 0 Å². The van der Waals surface area contributed by atoms with Crippen molar-refractivity contribution in [2.45, 2.75) is 0 Å². The van der Waals surface area contributed by atoms with E-state index in [9.17, 15) is 9.59 Å². The molecule has 9 aromatic rings. The normalized spacial score (nSPS) is 11.6. The van der Waals surface area contributed by atoms with Crippen LogP contribution in [0.5, 0.6) is 11.5 Å². The van der Waals surface area contributed by atoms with Gasteiger partial charge in [0.15, 0.2) is 0 Å². The minimum absolute atomic E-state index is 0.192. The van der Waals surface area contributed by atoms with Crippen molar-refractivity contribution >= 4 is 77.8 Å². The maximum atomic E-state index is 13.5. The third kappa shape index (κ3) is 6.74. The van der Waals surface area contributed by atoms with E-state index >= 15 is 0 Å². The van der Waals surface area contributed by atoms with Crippen LogP contribution in [0.2, 0.25) is 0 Å². The molecule has 0 heterocycles. The van der Waals surface area contributed by atoms with Crippen LogP contribution in [0, 0.1) is 0 Å². The molecule has 8 nitrogen and oxygen atoms in total. The molecule has 0 bridgehead atoms. The smallest absolute Gasteiger partial charge is 0.343 e. The van der Waals surface area contributed by atoms with Gasteiger partial charge in [-0.05, 0) is 65.4 Å². The van der Waals surface area contributed by atoms with E-state index in [4.69, 9.17) is 9.47 Å². The molecule has 0 saturated heterocycles. The Morgan fingerprint density at radius 2 is 0.661 bits per heavy atom. The summed E-state index contributed by atoms with van der Waals surface area (Å²) in [6.45, 7) is 0. The molecule has 0 amide bonds. The lowest BCUT2D eigenvalue weighted by Gasteiger charge is -2.11. The fraction of sp³-hybridized carbons (Fsp3) is 0. The largest absolute Gasteiger partial charge is 0.422 e. The molecule has 0 fully saturated rings. The van der Waals surface area contributed by atoms with Crippen molar-refractivity contribution in [1.82, 2.24) is 0 Å². The fourth-order valence-corrected chi connectivity index (χ4v) is 6.76. The van der Waals surface area contributed by atoms with E-state index in [1.165, 1.54) is 6.07 Å². The van der Waals surface area contributed by atoms with E-state index in [1.54, 1.807) is 42.5 Å². The van der Waals surface area contributed by atoms with Crippen LogP contribution < -0.4 is 9.47 Å². The van der Waals surface area contributed by atoms with Crippen molar-refractivity contribution in [3.63, 3.8) is 0 Å². The summed E-state index contributed by atoms with van der Waals surface area (Å²) in [5.41, 5.74) is 3.16. The van der Waals surface area contributed by atoms with E-state index in [0.717, 1.165) is 43.7 Å². The summed E-state index contributed by atoms with van der Waals surface area (Å²) >= 11 is 0. The van der Waals surface area contributed by atoms with Gasteiger partial charge in [0, 0.05) is 32.3 Å². The summed E-state index contributed by atoms with van der Waals surface area (Å²) in [4.78, 5) is 27.0. The molecule has 266 valence electrons. The topological polar surface area (TPSA) is 102 Å². The number of benzene rings is 9. The number of nitrogens with zero attached hydrogens (tertiary/aromatic N) is 4. The summed E-state index contributed by atoms with van der Waals surface area (Å²) in [7, 11) is 0. The number of rotatable bonds is 8. The Balaban J connectivity index is 0.939. The van der Waals surface area contributed by atoms with Crippen LogP contribution in [0.25, 0.3) is 43.1 Å². The number of fused-ring (bicyclic) bond motifs is 4. The van der Waals surface area contributed by atoms with Crippen molar-refractivity contribution in [3.05, 3.63) is 193 Å². The van der Waals surface area contributed by atoms with Gasteiger partial charge in [-0.25, -0.2) is 9.59 Å². The van der Waals surface area contributed by atoms with E-state index in [0.29, 0.717) is 33.6 Å². The highest BCUT2D eigenvalue weighted by Crippen LogP contribution is 2.37. The lowest BCUT2D eigenvalue weighted by molar-refractivity contribution is 0.0737. The molecule has 0 N–H and O–H groups in total. The number of carbonyl (C=O) groups excluding carboxylic acids is 2. The molecule has 0 saturated carbocycles. The Morgan fingerprint density at radius 3 is 1.11 bits per heavy atom. The minimum Gasteiger partial charge on any atom is -0.422 e. The van der Waals surface area contributed by atoms with Gasteiger partial charge < -0.3 is 9.47 Å². The summed E-state index contributed by atoms with van der Waals surface area (Å²) < 4.78 is 11.8. The van der Waals surface area contributed by atoms with Crippen LogP contribution in [0.15, 0.2) is 202 Å². The lowest BCUT2D eigenvalue weighted by atomic mass is 10.1. The molecule has 0 atom stereocenters. The number of hydrogen-bond acceptors (Lipinski definition) is 8. The Kier molecular flexibility index (Phi) is 9.03. The van der Waals surface area contributed by atoms with Gasteiger partial charge in [-0.3, -0.25) is 0 Å². The predicted octanol–water partition coefficient (Wildman–Crippen LogP) is 13.6. The van der Waals surface area contributed by atoms with Gasteiger partial charge >= 0.3 is 11.9 Å². The highest BCUT2D eigenvalue weighted by atomic mass is 16.5. The van der Waals surface area contributed by atoms with Crippen molar-refractivity contribution in [3.8, 4) is 11.5 Å². The molecule has 0 aliphatic heterocycles. The lowest BCUT2D eigenvalue weighted by Crippen LogP contribution is -2.13. The van der Waals surface area contributed by atoms with Crippen molar-refractivity contribution in [1.29, 1.82) is 0 Å². The average molecular weight is 727 g/mol. The minimum atomic E-state index is -0.624. The molecule has 8 heteroatoms. The molecule has 0 spiro atoms. The van der Waals surface area contributed by atoms with Crippen LogP contribution in [-0.2, 0) is 0 Å². The van der Waals surface area contributed by atoms with Gasteiger partial charge in [-0.2, -0.15) is 0 Å². The van der Waals surface area contributed by atoms with Gasteiger partial charge in [0.1, 0.15) is 11.5 Å². The van der Waals surface area contributed by atoms with Crippen LogP contribution >= 0.6 is 0 Å². The predicted molar refractivity (Wildman–Crippen MR) is 221 cm³/mol. The molecule has 0 unspecified atom stereocenters. The summed E-state index contributed by atoms with van der Waals surface area (Å²) in [6.07, 6.45) is 0. The third-order valence-corrected chi connectivity index (χ3v) is 9.53. The van der Waals surface area contributed by atoms with Crippen molar-refractivity contribution in [2.75, 3.05) is 0 Å². The van der Waals surface area contributed by atoms with Gasteiger partial charge in [-0.1, -0.05) is 127 Å². The van der Waals surface area contributed by atoms with Crippen LogP contribution in [0.1, 0.15) is 20.7 Å². The van der Waals surface area contributed by atoms with E-state index in [2.05, 4.69) is 20.5 Å². The third-order valence-electron chi connectivity index (χ3n) is 9.53. The second-order valence-corrected chi connectivity index (χ2v) is 13.0. The number of hydrogen-bond donors (Lipinski definition) is 0. The van der Waals surface area contributed by atoms with Crippen molar-refractivity contribution in [2.24, 2.45) is 20.5 Å². The van der Waals surface area contributed by atoms with E-state index in [-0.39, 0.29) is 11.1 Å². The van der Waals surface area contributed by atoms with E-state index < -0.39 is 11.9 Å². The SMILES string of the molecule is O=C(Oc1ccc(N=Nc2cccc3ccccc23)c2ccccc12)c1cccc(C(=O)Oc2ccc(N=Nc3cccc4ccccc34)c3ccccc23)c1. The first-order valence-electron chi connectivity index (χ1n) is 18.0. The number of azo groups is 2. The van der Waals surface area contributed by atoms with Gasteiger partial charge in [0.05, 0.1) is 33.9 Å². The summed E-state index contributed by atoms with van der Waals surface area (Å²) in [5.74, 6) is -0.540. The molecule has 0 aliphatic rings. The van der Waals surface area contributed by atoms with Crippen LogP contribution in [-0.4, -0.2) is 11.9 Å². The quantitative estimate of drug-likeness (QED) is 0.0883. The number of ether oxygens (including phenoxy) is 2. The Hall–Kier alpha value is -7.84. The molecular weight excluding hydrogens is 697 g/mol. The first-order chi connectivity index (χ1) is 27.6. The number of carbonyl (C=O) groups is 2. The standard InChI is InChI=1S/C48H30N4O4/c53-47(55-45-28-26-43(37-20-5-7-22-39(37)45)51-49-41-24-10-14-31-12-1-3-18-35(31)41)33-16-9-17-34(30-33)48(54)56-46-29-27-44(38-21-6-8-23-40(38)46)52-50-42-25-11-15-32-13-2-4-19-36(32)42/h1-30H. The highest BCUT2D eigenvalue weighted by Gasteiger charge is 2.18. The molecule has 0 aliphatic carbocycles. The monoisotopic (exact) mass is 726 g/mol. The zero-order valence-electron chi connectivity index (χ0n) is 29.7. The molecule has 9 rings (SSSR count). The first kappa shape index (κ1) is 34.0. The van der Waals surface area contributed by atoms with Crippen LogP contribution in [0.3, 0.4) is 0 Å². The molecule has 56 heavy (non-hydrogen) atoms. The molecular formula is C48H30N4O4. The second-order valence-electron chi connectivity index (χ2n) is 13.0. The Bertz CT molecular complexity index is 2830. The fourth-order valence-electron chi connectivity index (χ4n) is 6.76. The van der Waals surface area contributed by atoms with E-state index in [1.807, 2.05) is 133 Å². The van der Waals surface area contributed by atoms with Gasteiger partial charge in [0.2, 0.25) is 0 Å². The maximum Gasteiger partial charge on any atom is 0.343 e. The summed E-state index contributed by atoms with van der Waals surface area (Å²) in [6, 6.07) is 56.2. The Labute approximate surface area is 321 Å². The van der Waals surface area contributed by atoms with Gasteiger partial charge in [-0.15, -0.1) is 20.5 Å². The van der Waals surface area contributed by atoms with Crippen LogP contribution in [0.4, 0.5) is 22.7 Å². The summed E-state index contributed by atoms with van der Waals surface area (Å²) in [5, 5.41) is 25.4. The highest BCUT2D eigenvalue weighted by molar-refractivity contribution is 6.03. The second kappa shape index (κ2) is 14.9. The average Bonchev–Trinajstić information content (AvgIpc) is 3.25. The Morgan fingerprint density at radius 1 is 0.321 bits per heavy atom. The maximum absolute atomic E-state index is 13.5. The molecule has 9 aromatic carbocycles. The molecule has 0 aromatic heterocycles. The molecule has 0 radical (unpaired) electrons. The number of esters is 2. The first-order valence-corrected chi connectivity index (χ1v) is 18.0. The zero-order chi connectivity index (χ0) is 37.8. The zero-order valence-corrected chi connectivity index (χ0v) is 29.7. The van der Waals surface area contributed by atoms with Crippen molar-refractivity contribution < 1.29 is 19.1 Å².